The molecule has 5 nitrogen and oxygen atoms in total. The number of nitrogens with zero attached hydrogens (tertiary/aromatic N) is 2. The maximum Gasteiger partial charge on any atom is 0.127 e. The molecule has 1 aromatic heterocycles. The zero-order chi connectivity index (χ0) is 20.3. The van der Waals surface area contributed by atoms with Crippen LogP contribution in [0.3, 0.4) is 0 Å². The molecule has 0 radical (unpaired) electrons. The van der Waals surface area contributed by atoms with E-state index in [1.807, 2.05) is 36.4 Å². The highest BCUT2D eigenvalue weighted by atomic mass is 35.5. The lowest BCUT2D eigenvalue weighted by Gasteiger charge is -2.41. The second-order valence-corrected chi connectivity index (χ2v) is 8.24. The van der Waals surface area contributed by atoms with Crippen LogP contribution in [0.2, 0.25) is 0 Å². The average molecular weight is 447 g/mol. The minimum Gasteiger partial charge on any atom is -0.497 e. The standard InChI is InChI=1S/C23H26N2O3S.ClH/c1-25(2)23(12-14-27-15-13-23)22-24-21(16-29-22)17-4-6-19(7-5-17)28-20-10-8-18(26-3)9-11-20;/h4-11,16H,12-15H2,1-3H3;1H. The Kier molecular flexibility index (Phi) is 7.36. The van der Waals surface area contributed by atoms with Gasteiger partial charge in [0.2, 0.25) is 0 Å². The molecular weight excluding hydrogens is 420 g/mol. The molecule has 1 fully saturated rings. The first-order chi connectivity index (χ1) is 14.1. The van der Waals surface area contributed by atoms with E-state index in [-0.39, 0.29) is 17.9 Å². The van der Waals surface area contributed by atoms with Crippen molar-refractivity contribution in [1.82, 2.24) is 9.88 Å². The van der Waals surface area contributed by atoms with Gasteiger partial charge in [-0.1, -0.05) is 0 Å². The molecule has 160 valence electrons. The molecule has 0 amide bonds. The van der Waals surface area contributed by atoms with E-state index in [9.17, 15) is 0 Å². The lowest BCUT2D eigenvalue weighted by Crippen LogP contribution is -2.45. The van der Waals surface area contributed by atoms with Crippen molar-refractivity contribution < 1.29 is 14.2 Å². The van der Waals surface area contributed by atoms with E-state index in [4.69, 9.17) is 19.2 Å². The van der Waals surface area contributed by atoms with Crippen LogP contribution in [-0.2, 0) is 10.3 Å². The van der Waals surface area contributed by atoms with Gasteiger partial charge in [-0.3, -0.25) is 4.90 Å². The fourth-order valence-corrected chi connectivity index (χ4v) is 4.82. The Balaban J connectivity index is 0.00000256. The summed E-state index contributed by atoms with van der Waals surface area (Å²) < 4.78 is 16.7. The van der Waals surface area contributed by atoms with Crippen molar-refractivity contribution in [2.75, 3.05) is 34.4 Å². The summed E-state index contributed by atoms with van der Waals surface area (Å²) in [6.45, 7) is 1.56. The van der Waals surface area contributed by atoms with Gasteiger partial charge in [0.25, 0.3) is 0 Å². The second-order valence-electron chi connectivity index (χ2n) is 7.38. The molecule has 2 aromatic carbocycles. The van der Waals surface area contributed by atoms with Crippen molar-refractivity contribution in [3.05, 3.63) is 58.9 Å². The largest absolute Gasteiger partial charge is 0.497 e. The van der Waals surface area contributed by atoms with Crippen molar-refractivity contribution in [3.8, 4) is 28.5 Å². The highest BCUT2D eigenvalue weighted by molar-refractivity contribution is 7.10. The fourth-order valence-electron chi connectivity index (χ4n) is 3.66. The van der Waals surface area contributed by atoms with Gasteiger partial charge in [-0.05, 0) is 75.5 Å². The highest BCUT2D eigenvalue weighted by Gasteiger charge is 2.39. The van der Waals surface area contributed by atoms with Crippen LogP contribution in [0, 0.1) is 0 Å². The minimum atomic E-state index is -0.0292. The van der Waals surface area contributed by atoms with E-state index in [0.717, 1.165) is 54.6 Å². The molecule has 1 aliphatic rings. The van der Waals surface area contributed by atoms with Crippen molar-refractivity contribution in [2.24, 2.45) is 0 Å². The number of aromatic nitrogens is 1. The number of hydrogen-bond acceptors (Lipinski definition) is 6. The summed E-state index contributed by atoms with van der Waals surface area (Å²) in [5.74, 6) is 2.39. The van der Waals surface area contributed by atoms with E-state index in [1.165, 1.54) is 5.01 Å². The number of hydrogen-bond donors (Lipinski definition) is 0. The van der Waals surface area contributed by atoms with Gasteiger partial charge in [-0.2, -0.15) is 0 Å². The average Bonchev–Trinajstić information content (AvgIpc) is 3.26. The van der Waals surface area contributed by atoms with Gasteiger partial charge >= 0.3 is 0 Å². The van der Waals surface area contributed by atoms with Crippen LogP contribution < -0.4 is 9.47 Å². The summed E-state index contributed by atoms with van der Waals surface area (Å²) in [7, 11) is 5.93. The van der Waals surface area contributed by atoms with Gasteiger partial charge in [0.05, 0.1) is 18.3 Å². The lowest BCUT2D eigenvalue weighted by molar-refractivity contribution is -0.0106. The van der Waals surface area contributed by atoms with Crippen LogP contribution in [-0.4, -0.2) is 44.3 Å². The van der Waals surface area contributed by atoms with Crippen LogP contribution in [0.4, 0.5) is 0 Å². The van der Waals surface area contributed by atoms with Gasteiger partial charge in [0, 0.05) is 24.2 Å². The smallest absolute Gasteiger partial charge is 0.127 e. The Bertz CT molecular complexity index is 936. The van der Waals surface area contributed by atoms with Gasteiger partial charge in [-0.15, -0.1) is 23.7 Å². The van der Waals surface area contributed by atoms with E-state index in [2.05, 4.69) is 36.5 Å². The zero-order valence-corrected chi connectivity index (χ0v) is 19.1. The van der Waals surface area contributed by atoms with Crippen LogP contribution in [0.1, 0.15) is 17.8 Å². The predicted octanol–water partition coefficient (Wildman–Crippen LogP) is 5.60. The Morgan fingerprint density at radius 2 is 1.50 bits per heavy atom. The summed E-state index contributed by atoms with van der Waals surface area (Å²) in [6, 6.07) is 15.6. The minimum absolute atomic E-state index is 0. The molecule has 0 spiro atoms. The van der Waals surface area contributed by atoms with Crippen molar-refractivity contribution >= 4 is 23.7 Å². The molecule has 0 N–H and O–H groups in total. The Labute approximate surface area is 188 Å². The molecular formula is C23H27ClN2O3S. The first-order valence-corrected chi connectivity index (χ1v) is 10.6. The molecule has 0 unspecified atom stereocenters. The third-order valence-electron chi connectivity index (χ3n) is 5.52. The Morgan fingerprint density at radius 3 is 2.07 bits per heavy atom. The van der Waals surface area contributed by atoms with Gasteiger partial charge < -0.3 is 14.2 Å². The van der Waals surface area contributed by atoms with Crippen LogP contribution in [0.5, 0.6) is 17.2 Å². The number of rotatable bonds is 6. The predicted molar refractivity (Wildman–Crippen MR) is 123 cm³/mol. The van der Waals surface area contributed by atoms with Crippen molar-refractivity contribution in [1.29, 1.82) is 0 Å². The van der Waals surface area contributed by atoms with Crippen molar-refractivity contribution in [2.45, 2.75) is 18.4 Å². The van der Waals surface area contributed by atoms with Gasteiger partial charge in [-0.25, -0.2) is 4.98 Å². The molecule has 2 heterocycles. The highest BCUT2D eigenvalue weighted by Crippen LogP contribution is 2.39. The number of methoxy groups -OCH3 is 1. The topological polar surface area (TPSA) is 43.8 Å². The van der Waals surface area contributed by atoms with E-state index in [1.54, 1.807) is 18.4 Å². The van der Waals surface area contributed by atoms with Gasteiger partial charge in [0.1, 0.15) is 22.3 Å². The summed E-state index contributed by atoms with van der Waals surface area (Å²) in [5.41, 5.74) is 2.07. The first kappa shape index (κ1) is 22.6. The molecule has 7 heteroatoms. The Hall–Kier alpha value is -2.12. The van der Waals surface area contributed by atoms with E-state index < -0.39 is 0 Å². The zero-order valence-electron chi connectivity index (χ0n) is 17.5. The lowest BCUT2D eigenvalue weighted by atomic mass is 9.89. The number of benzene rings is 2. The number of thiazole rings is 1. The molecule has 0 saturated carbocycles. The quantitative estimate of drug-likeness (QED) is 0.493. The van der Waals surface area contributed by atoms with Crippen LogP contribution in [0.25, 0.3) is 11.3 Å². The molecule has 4 rings (SSSR count). The summed E-state index contributed by atoms with van der Waals surface area (Å²) in [4.78, 5) is 7.29. The molecule has 0 atom stereocenters. The molecule has 30 heavy (non-hydrogen) atoms. The van der Waals surface area contributed by atoms with Gasteiger partial charge in [0.15, 0.2) is 0 Å². The Morgan fingerprint density at radius 1 is 0.933 bits per heavy atom. The third-order valence-corrected chi connectivity index (χ3v) is 6.56. The number of ether oxygens (including phenoxy) is 3. The fraction of sp³-hybridized carbons (Fsp3) is 0.348. The second kappa shape index (κ2) is 9.79. The molecule has 0 bridgehead atoms. The normalized spacial score (nSPS) is 15.5. The molecule has 1 saturated heterocycles. The summed E-state index contributed by atoms with van der Waals surface area (Å²) in [6.07, 6.45) is 1.95. The summed E-state index contributed by atoms with van der Waals surface area (Å²) >= 11 is 1.74. The van der Waals surface area contributed by atoms with Crippen LogP contribution in [0.15, 0.2) is 53.9 Å². The third kappa shape index (κ3) is 4.62. The van der Waals surface area contributed by atoms with Crippen LogP contribution >= 0.6 is 23.7 Å². The van der Waals surface area contributed by atoms with Crippen molar-refractivity contribution in [3.63, 3.8) is 0 Å². The SMILES string of the molecule is COc1ccc(Oc2ccc(-c3csc(C4(N(C)C)CCOCC4)n3)cc2)cc1.Cl. The molecule has 0 aliphatic carbocycles. The molecule has 3 aromatic rings. The monoisotopic (exact) mass is 446 g/mol. The molecule has 1 aliphatic heterocycles. The maximum absolute atomic E-state index is 5.92. The summed E-state index contributed by atoms with van der Waals surface area (Å²) in [5, 5.41) is 3.31. The number of halogens is 1. The van der Waals surface area contributed by atoms with E-state index >= 15 is 0 Å². The maximum atomic E-state index is 5.92. The first-order valence-electron chi connectivity index (χ1n) is 9.74. The van der Waals surface area contributed by atoms with E-state index in [0.29, 0.717) is 0 Å².